The van der Waals surface area contributed by atoms with Gasteiger partial charge in [-0.2, -0.15) is 0 Å². The lowest BCUT2D eigenvalue weighted by Gasteiger charge is -2.51. The van der Waals surface area contributed by atoms with E-state index >= 15 is 0 Å². The van der Waals surface area contributed by atoms with Crippen molar-refractivity contribution in [1.29, 1.82) is 0 Å². The number of benzene rings is 11. The number of anilines is 14. The molecule has 0 spiro atoms. The molecule has 0 atom stereocenters. The quantitative estimate of drug-likeness (QED) is 0.140. The molecule has 76 heavy (non-hydrogen) atoms. The molecule has 0 amide bonds. The smallest absolute Gasteiger partial charge is 0.333 e. The average Bonchev–Trinajstić information content (AvgIpc) is 3.57. The largest absolute Gasteiger partial charge is 0.376 e. The zero-order valence-electron chi connectivity index (χ0n) is 42.2. The SMILES string of the molecule is CN1c2cc(N(c3ccccc3)c3ccccc3)ccc2B2c3c(c4c5c(c31)N(C)c1cc(N(c3ccccc3)c3ccccc3)ccc1B5N(c1ccccc1)c1ccccc1-4)-c1ccccc1N2c1ccccc1. The summed E-state index contributed by atoms with van der Waals surface area (Å²) >= 11 is 0. The van der Waals surface area contributed by atoms with E-state index in [0.717, 1.165) is 56.9 Å². The summed E-state index contributed by atoms with van der Waals surface area (Å²) in [5.41, 5.74) is 26.2. The van der Waals surface area contributed by atoms with E-state index in [1.807, 2.05) is 0 Å². The molecule has 0 aliphatic carbocycles. The highest BCUT2D eigenvalue weighted by Crippen LogP contribution is 2.55. The molecule has 0 saturated carbocycles. The van der Waals surface area contributed by atoms with Gasteiger partial charge in [-0.1, -0.05) is 158 Å². The Bertz CT molecular complexity index is 3670. The Hall–Kier alpha value is -9.65. The molecule has 0 aromatic heterocycles. The highest BCUT2D eigenvalue weighted by atomic mass is 15.2. The van der Waals surface area contributed by atoms with Crippen molar-refractivity contribution >= 4 is 115 Å². The summed E-state index contributed by atoms with van der Waals surface area (Å²) in [6.45, 7) is -0.368. The zero-order valence-corrected chi connectivity index (χ0v) is 42.2. The highest BCUT2D eigenvalue weighted by molar-refractivity contribution is 6.97. The first-order valence-corrected chi connectivity index (χ1v) is 26.3. The van der Waals surface area contributed by atoms with E-state index in [-0.39, 0.29) is 13.7 Å². The van der Waals surface area contributed by atoms with Gasteiger partial charge in [0.2, 0.25) is 0 Å². The molecule has 4 heterocycles. The van der Waals surface area contributed by atoms with Crippen LogP contribution in [0.2, 0.25) is 0 Å². The second-order valence-corrected chi connectivity index (χ2v) is 20.1. The van der Waals surface area contributed by atoms with Crippen molar-refractivity contribution in [2.45, 2.75) is 0 Å². The molecule has 0 bridgehead atoms. The lowest BCUT2D eigenvalue weighted by atomic mass is 9.38. The van der Waals surface area contributed by atoms with Crippen molar-refractivity contribution in [1.82, 2.24) is 0 Å². The van der Waals surface area contributed by atoms with Crippen LogP contribution in [0.4, 0.5) is 79.6 Å². The number of nitrogens with zero attached hydrogens (tertiary/aromatic N) is 6. The molecule has 11 aromatic rings. The van der Waals surface area contributed by atoms with Crippen molar-refractivity contribution in [3.63, 3.8) is 0 Å². The lowest BCUT2D eigenvalue weighted by Crippen LogP contribution is -2.66. The van der Waals surface area contributed by atoms with E-state index in [1.54, 1.807) is 0 Å². The monoisotopic (exact) mass is 972 g/mol. The van der Waals surface area contributed by atoms with Crippen LogP contribution in [0.3, 0.4) is 0 Å². The second kappa shape index (κ2) is 17.5. The first-order valence-electron chi connectivity index (χ1n) is 26.3. The maximum atomic E-state index is 2.62. The van der Waals surface area contributed by atoms with E-state index in [0.29, 0.717) is 0 Å². The number of hydrogen-bond acceptors (Lipinski definition) is 6. The third kappa shape index (κ3) is 6.56. The van der Waals surface area contributed by atoms with Gasteiger partial charge >= 0.3 is 13.7 Å². The third-order valence-corrected chi connectivity index (χ3v) is 16.1. The van der Waals surface area contributed by atoms with Crippen molar-refractivity contribution in [2.75, 3.05) is 43.3 Å². The van der Waals surface area contributed by atoms with Gasteiger partial charge in [0.25, 0.3) is 0 Å². The van der Waals surface area contributed by atoms with Crippen molar-refractivity contribution in [3.8, 4) is 22.3 Å². The fourth-order valence-corrected chi connectivity index (χ4v) is 13.0. The maximum Gasteiger partial charge on any atom is 0.333 e. The fraction of sp³-hybridized carbons (Fsp3) is 0.0294. The summed E-state index contributed by atoms with van der Waals surface area (Å²) in [4.78, 5) is 15.1. The number of para-hydroxylation sites is 8. The maximum absolute atomic E-state index is 2.62. The number of rotatable bonds is 8. The Balaban J connectivity index is 1.06. The Morgan fingerprint density at radius 2 is 0.592 bits per heavy atom. The molecule has 11 aromatic carbocycles. The summed E-state index contributed by atoms with van der Waals surface area (Å²) < 4.78 is 0. The Labute approximate surface area is 445 Å². The van der Waals surface area contributed by atoms with Crippen LogP contribution in [0.5, 0.6) is 0 Å². The van der Waals surface area contributed by atoms with Gasteiger partial charge in [0.15, 0.2) is 0 Å². The van der Waals surface area contributed by atoms with E-state index in [1.165, 1.54) is 66.9 Å². The molecular weight excluding hydrogens is 922 g/mol. The fourth-order valence-electron chi connectivity index (χ4n) is 13.0. The molecule has 358 valence electrons. The molecule has 0 unspecified atom stereocenters. The zero-order chi connectivity index (χ0) is 50.4. The van der Waals surface area contributed by atoms with E-state index in [4.69, 9.17) is 0 Å². The van der Waals surface area contributed by atoms with Gasteiger partial charge in [-0.15, -0.1) is 0 Å². The van der Waals surface area contributed by atoms with Gasteiger partial charge in [-0.3, -0.25) is 0 Å². The van der Waals surface area contributed by atoms with Gasteiger partial charge in [0.05, 0.1) is 11.4 Å². The van der Waals surface area contributed by atoms with Crippen LogP contribution in [0.25, 0.3) is 22.3 Å². The van der Waals surface area contributed by atoms with Crippen molar-refractivity contribution in [2.24, 2.45) is 0 Å². The predicted octanol–water partition coefficient (Wildman–Crippen LogP) is 14.6. The topological polar surface area (TPSA) is 19.4 Å². The van der Waals surface area contributed by atoms with Crippen LogP contribution in [-0.2, 0) is 0 Å². The van der Waals surface area contributed by atoms with E-state index in [9.17, 15) is 0 Å². The second-order valence-electron chi connectivity index (χ2n) is 20.1. The predicted molar refractivity (Wildman–Crippen MR) is 323 cm³/mol. The van der Waals surface area contributed by atoms with Gasteiger partial charge < -0.3 is 29.2 Å². The first kappa shape index (κ1) is 43.9. The lowest BCUT2D eigenvalue weighted by molar-refractivity contribution is 1.15. The molecule has 4 aliphatic rings. The molecule has 8 heteroatoms. The third-order valence-electron chi connectivity index (χ3n) is 16.1. The van der Waals surface area contributed by atoms with Crippen molar-refractivity contribution in [3.05, 3.63) is 267 Å². The molecule has 15 rings (SSSR count). The molecule has 0 saturated heterocycles. The van der Waals surface area contributed by atoms with Crippen LogP contribution in [0.1, 0.15) is 0 Å². The van der Waals surface area contributed by atoms with Crippen LogP contribution in [-0.4, -0.2) is 27.8 Å². The minimum Gasteiger partial charge on any atom is -0.376 e. The van der Waals surface area contributed by atoms with Crippen LogP contribution in [0, 0.1) is 0 Å². The van der Waals surface area contributed by atoms with Crippen LogP contribution >= 0.6 is 0 Å². The Kier molecular flexibility index (Phi) is 10.1. The van der Waals surface area contributed by atoms with Crippen LogP contribution < -0.4 is 51.1 Å². The average molecular weight is 973 g/mol. The van der Waals surface area contributed by atoms with Crippen molar-refractivity contribution < 1.29 is 0 Å². The molecule has 0 N–H and O–H groups in total. The summed E-state index contributed by atoms with van der Waals surface area (Å²) in [6.07, 6.45) is 0. The van der Waals surface area contributed by atoms with Gasteiger partial charge in [-0.05, 0) is 142 Å². The van der Waals surface area contributed by atoms with Gasteiger partial charge in [0.1, 0.15) is 0 Å². The van der Waals surface area contributed by atoms with Gasteiger partial charge in [-0.25, -0.2) is 0 Å². The van der Waals surface area contributed by atoms with E-state index < -0.39 is 0 Å². The van der Waals surface area contributed by atoms with Gasteiger partial charge in [0, 0.05) is 93.5 Å². The number of fused-ring (bicyclic) bond motifs is 10. The molecule has 4 aliphatic heterocycles. The normalized spacial score (nSPS) is 13.2. The summed E-state index contributed by atoms with van der Waals surface area (Å²) in [5.74, 6) is 0. The standard InChI is InChI=1S/C68H50B2N6/c1-71-61-45-53(73(47-25-9-3-10-26-47)48-27-11-4-12-28-48)41-43-57(61)69-65-63(55-37-21-23-39-59(55)75(69)51-33-17-7-18-34-51)64-56-38-22-24-40-60(56)76(52-35-19-8-20-36-52)70-58-44-42-54(46-62(58)72(2)68(66(64)70)67(65)71)74(49-29-13-5-14-30-49)50-31-15-6-16-32-50/h3-46H,1-2H3. The molecule has 0 radical (unpaired) electrons. The van der Waals surface area contributed by atoms with E-state index in [2.05, 4.69) is 310 Å². The first-order chi connectivity index (χ1) is 37.6. The minimum atomic E-state index is -0.184. The summed E-state index contributed by atoms with van der Waals surface area (Å²) in [5, 5.41) is 0. The molecule has 0 fully saturated rings. The summed E-state index contributed by atoms with van der Waals surface area (Å²) in [7, 11) is 4.63. The Morgan fingerprint density at radius 3 is 0.934 bits per heavy atom. The molecular formula is C68H50B2N6. The minimum absolute atomic E-state index is 0.184. The summed E-state index contributed by atoms with van der Waals surface area (Å²) in [6, 6.07) is 97.8. The number of hydrogen-bond donors (Lipinski definition) is 0. The Morgan fingerprint density at radius 1 is 0.289 bits per heavy atom. The molecule has 6 nitrogen and oxygen atoms in total. The highest BCUT2D eigenvalue weighted by Gasteiger charge is 2.53. The van der Waals surface area contributed by atoms with Crippen LogP contribution in [0.15, 0.2) is 267 Å².